The van der Waals surface area contributed by atoms with Crippen LogP contribution in [0.3, 0.4) is 0 Å². The molecule has 4 nitrogen and oxygen atoms in total. The van der Waals surface area contributed by atoms with Crippen LogP contribution in [-0.2, 0) is 9.59 Å². The van der Waals surface area contributed by atoms with Gasteiger partial charge >= 0.3 is 0 Å². The smallest absolute Gasteiger partial charge is 0.161 e. The predicted octanol–water partition coefficient (Wildman–Crippen LogP) is 2.84. The molecule has 0 bridgehead atoms. The van der Waals surface area contributed by atoms with E-state index in [1.807, 2.05) is 13.8 Å². The second-order valence-corrected chi connectivity index (χ2v) is 9.90. The topological polar surface area (TPSA) is 74.6 Å². The third-order valence-corrected chi connectivity index (χ3v) is 9.10. The zero-order valence-electron chi connectivity index (χ0n) is 15.8. The average Bonchev–Trinajstić information content (AvgIpc) is 2.93. The molecule has 146 valence electrons. The molecular formula is C21H31FO4. The third-order valence-electron chi connectivity index (χ3n) is 9.10. The highest BCUT2D eigenvalue weighted by atomic mass is 19.1. The lowest BCUT2D eigenvalue weighted by atomic mass is 9.42. The van der Waals surface area contributed by atoms with E-state index < -0.39 is 29.2 Å². The lowest BCUT2D eigenvalue weighted by molar-refractivity contribution is -0.242. The van der Waals surface area contributed by atoms with Crippen LogP contribution in [-0.4, -0.2) is 40.2 Å². The number of hydrogen-bond donors (Lipinski definition) is 2. The summed E-state index contributed by atoms with van der Waals surface area (Å²) in [6.45, 7) is 3.49. The van der Waals surface area contributed by atoms with Gasteiger partial charge in [0.05, 0.1) is 6.10 Å². The minimum Gasteiger partial charge on any atom is -0.390 e. The molecule has 5 heteroatoms. The van der Waals surface area contributed by atoms with Gasteiger partial charge in [0.25, 0.3) is 0 Å². The maximum atomic E-state index is 16.8. The first-order valence-electron chi connectivity index (χ1n) is 10.2. The van der Waals surface area contributed by atoms with Crippen LogP contribution < -0.4 is 0 Å². The molecule has 2 N–H and O–H groups in total. The van der Waals surface area contributed by atoms with Gasteiger partial charge in [0.1, 0.15) is 18.1 Å². The number of ketones is 2. The van der Waals surface area contributed by atoms with Gasteiger partial charge in [-0.1, -0.05) is 13.8 Å². The summed E-state index contributed by atoms with van der Waals surface area (Å²) >= 11 is 0. The molecular weight excluding hydrogens is 335 g/mol. The first-order chi connectivity index (χ1) is 12.2. The highest BCUT2D eigenvalue weighted by Gasteiger charge is 2.72. The van der Waals surface area contributed by atoms with E-state index in [9.17, 15) is 19.8 Å². The number of Topliss-reactive ketones (excluding diaryl/α,β-unsaturated/α-hetero) is 2. The molecule has 0 amide bonds. The monoisotopic (exact) mass is 366 g/mol. The molecule has 0 radical (unpaired) electrons. The van der Waals surface area contributed by atoms with Crippen LogP contribution in [0.25, 0.3) is 0 Å². The number of aliphatic hydroxyl groups is 2. The lowest BCUT2D eigenvalue weighted by Crippen LogP contribution is -2.69. The van der Waals surface area contributed by atoms with E-state index in [-0.39, 0.29) is 41.7 Å². The SMILES string of the molecule is C[C@]12C[C@@H](O)[C@@]3(F)[C@@H](CC[C@@H]4CC(=O)CC[C@@]43C)[C@@H]1CC[C@@H]2C(=O)CO. The second-order valence-electron chi connectivity index (χ2n) is 9.90. The summed E-state index contributed by atoms with van der Waals surface area (Å²) in [6, 6.07) is 0. The molecule has 8 atom stereocenters. The fourth-order valence-electron chi connectivity index (χ4n) is 7.69. The standard InChI is InChI=1S/C21H31FO4/c1-19-10-18(26)21(22)15(14(19)5-6-16(19)17(25)11-23)4-3-12-9-13(24)7-8-20(12,21)2/h12,14-16,18,23,26H,3-11H2,1-2H3/t12-,14+,15+,16-,18-,19+,20+,21+/m1/s1. The van der Waals surface area contributed by atoms with E-state index in [0.29, 0.717) is 32.1 Å². The highest BCUT2D eigenvalue weighted by Crippen LogP contribution is 2.70. The fourth-order valence-corrected chi connectivity index (χ4v) is 7.69. The Labute approximate surface area is 154 Å². The molecule has 0 spiro atoms. The Bertz CT molecular complexity index is 636. The van der Waals surface area contributed by atoms with E-state index in [1.54, 1.807) is 0 Å². The Morgan fingerprint density at radius 3 is 2.58 bits per heavy atom. The van der Waals surface area contributed by atoms with Crippen molar-refractivity contribution in [2.24, 2.45) is 34.5 Å². The number of halogens is 1. The summed E-state index contributed by atoms with van der Waals surface area (Å²) in [7, 11) is 0. The first-order valence-corrected chi connectivity index (χ1v) is 10.2. The van der Waals surface area contributed by atoms with Crippen LogP contribution in [0, 0.1) is 34.5 Å². The Hall–Kier alpha value is -0.810. The minimum atomic E-state index is -1.68. The lowest BCUT2D eigenvalue weighted by Gasteiger charge is -2.64. The van der Waals surface area contributed by atoms with E-state index in [0.717, 1.165) is 12.8 Å². The normalized spacial score (nSPS) is 53.6. The number of carbonyl (C=O) groups excluding carboxylic acids is 2. The predicted molar refractivity (Wildman–Crippen MR) is 94.1 cm³/mol. The van der Waals surface area contributed by atoms with Gasteiger partial charge in [0.2, 0.25) is 0 Å². The Kier molecular flexibility index (Phi) is 4.17. The molecule has 4 fully saturated rings. The maximum Gasteiger partial charge on any atom is 0.161 e. The minimum absolute atomic E-state index is 0.0141. The third kappa shape index (κ3) is 2.13. The van der Waals surface area contributed by atoms with Gasteiger partial charge in [-0.05, 0) is 61.7 Å². The Morgan fingerprint density at radius 2 is 1.88 bits per heavy atom. The van der Waals surface area contributed by atoms with Crippen LogP contribution in [0.2, 0.25) is 0 Å². The molecule has 4 aliphatic carbocycles. The molecule has 0 aromatic heterocycles. The molecule has 4 rings (SSSR count). The van der Waals surface area contributed by atoms with Crippen LogP contribution in [0.1, 0.15) is 65.2 Å². The fraction of sp³-hybridized carbons (Fsp3) is 0.905. The van der Waals surface area contributed by atoms with Gasteiger partial charge in [0.15, 0.2) is 5.78 Å². The van der Waals surface area contributed by atoms with Crippen molar-refractivity contribution >= 4 is 11.6 Å². The molecule has 0 aliphatic heterocycles. The largest absolute Gasteiger partial charge is 0.390 e. The quantitative estimate of drug-likeness (QED) is 0.788. The number of carbonyl (C=O) groups is 2. The summed E-state index contributed by atoms with van der Waals surface area (Å²) in [5, 5.41) is 20.4. The van der Waals surface area contributed by atoms with Gasteiger partial charge in [-0.2, -0.15) is 0 Å². The van der Waals surface area contributed by atoms with Crippen molar-refractivity contribution in [2.45, 2.75) is 77.0 Å². The van der Waals surface area contributed by atoms with Crippen molar-refractivity contribution in [1.29, 1.82) is 0 Å². The zero-order chi connectivity index (χ0) is 18.9. The first kappa shape index (κ1) is 18.5. The van der Waals surface area contributed by atoms with Gasteiger partial charge in [-0.25, -0.2) is 4.39 Å². The van der Waals surface area contributed by atoms with E-state index in [1.165, 1.54) is 0 Å². The molecule has 0 aromatic rings. The van der Waals surface area contributed by atoms with Crippen molar-refractivity contribution < 1.29 is 24.2 Å². The van der Waals surface area contributed by atoms with Crippen molar-refractivity contribution in [3.63, 3.8) is 0 Å². The van der Waals surface area contributed by atoms with Crippen LogP contribution in [0.5, 0.6) is 0 Å². The molecule has 0 unspecified atom stereocenters. The Balaban J connectivity index is 1.73. The number of alkyl halides is 1. The van der Waals surface area contributed by atoms with Crippen LogP contribution in [0.15, 0.2) is 0 Å². The second kappa shape index (κ2) is 5.84. The van der Waals surface area contributed by atoms with Crippen molar-refractivity contribution in [2.75, 3.05) is 6.61 Å². The summed E-state index contributed by atoms with van der Waals surface area (Å²) in [5.41, 5.74) is -2.78. The molecule has 0 heterocycles. The van der Waals surface area contributed by atoms with Crippen LogP contribution >= 0.6 is 0 Å². The summed E-state index contributed by atoms with van der Waals surface area (Å²) < 4.78 is 16.8. The zero-order valence-corrected chi connectivity index (χ0v) is 15.8. The maximum absolute atomic E-state index is 16.8. The van der Waals surface area contributed by atoms with Gasteiger partial charge in [-0.3, -0.25) is 9.59 Å². The summed E-state index contributed by atoms with van der Waals surface area (Å²) in [6.07, 6.45) is 3.51. The van der Waals surface area contributed by atoms with Gasteiger partial charge in [0, 0.05) is 24.2 Å². The van der Waals surface area contributed by atoms with E-state index in [2.05, 4.69) is 0 Å². The number of rotatable bonds is 2. The molecule has 4 saturated carbocycles. The van der Waals surface area contributed by atoms with Crippen molar-refractivity contribution in [3.8, 4) is 0 Å². The molecule has 26 heavy (non-hydrogen) atoms. The number of aliphatic hydroxyl groups excluding tert-OH is 2. The molecule has 0 aromatic carbocycles. The van der Waals surface area contributed by atoms with E-state index in [4.69, 9.17) is 0 Å². The molecule has 0 saturated heterocycles. The molecule has 4 aliphatic rings. The van der Waals surface area contributed by atoms with Crippen molar-refractivity contribution in [3.05, 3.63) is 0 Å². The van der Waals surface area contributed by atoms with Gasteiger partial charge in [-0.15, -0.1) is 0 Å². The Morgan fingerprint density at radius 1 is 1.19 bits per heavy atom. The summed E-state index contributed by atoms with van der Waals surface area (Å²) in [5.74, 6) is -0.416. The van der Waals surface area contributed by atoms with Gasteiger partial charge < -0.3 is 10.2 Å². The van der Waals surface area contributed by atoms with E-state index >= 15 is 4.39 Å². The number of fused-ring (bicyclic) bond motifs is 5. The average molecular weight is 366 g/mol. The van der Waals surface area contributed by atoms with Crippen LogP contribution in [0.4, 0.5) is 4.39 Å². The highest BCUT2D eigenvalue weighted by molar-refractivity contribution is 5.83. The summed E-state index contributed by atoms with van der Waals surface area (Å²) in [4.78, 5) is 24.2. The van der Waals surface area contributed by atoms with Crippen molar-refractivity contribution in [1.82, 2.24) is 0 Å². The number of hydrogen-bond acceptors (Lipinski definition) is 4.